The first-order valence-electron chi connectivity index (χ1n) is 8.91. The molecule has 1 aliphatic rings. The van der Waals surface area contributed by atoms with E-state index in [-0.39, 0.29) is 25.9 Å². The Bertz CT molecular complexity index is 1250. The maximum absolute atomic E-state index is 13.1. The van der Waals surface area contributed by atoms with Gasteiger partial charge in [0.15, 0.2) is 9.84 Å². The zero-order valence-corrected chi connectivity index (χ0v) is 18.3. The predicted molar refractivity (Wildman–Crippen MR) is 109 cm³/mol. The third kappa shape index (κ3) is 4.19. The SMILES string of the molecule is N#Cc1ccc(S(=O)(=O)[C@H]2CN(S(=O)(=O)c3ccc(CF)cc3Cl)C[C@@]2(O)CO)cc1. The first-order valence-corrected chi connectivity index (χ1v) is 12.3. The number of hydrogen-bond donors (Lipinski definition) is 2. The summed E-state index contributed by atoms with van der Waals surface area (Å²) >= 11 is 6.00. The monoisotopic (exact) mass is 488 g/mol. The van der Waals surface area contributed by atoms with Crippen molar-refractivity contribution in [1.29, 1.82) is 5.26 Å². The van der Waals surface area contributed by atoms with E-state index in [4.69, 9.17) is 16.9 Å². The second-order valence-electron chi connectivity index (χ2n) is 7.13. The summed E-state index contributed by atoms with van der Waals surface area (Å²) in [5.41, 5.74) is -1.89. The van der Waals surface area contributed by atoms with Crippen molar-refractivity contribution in [3.8, 4) is 6.07 Å². The van der Waals surface area contributed by atoms with Crippen LogP contribution in [0.2, 0.25) is 5.02 Å². The zero-order valence-electron chi connectivity index (χ0n) is 15.9. The Labute approximate surface area is 184 Å². The molecule has 1 heterocycles. The summed E-state index contributed by atoms with van der Waals surface area (Å²) in [6.45, 7) is -3.18. The van der Waals surface area contributed by atoms with Crippen LogP contribution < -0.4 is 0 Å². The van der Waals surface area contributed by atoms with Gasteiger partial charge in [-0.05, 0) is 42.0 Å². The number of β-amino-alcohol motifs (C(OH)–C–C–N with tert-alkyl or cyclic N) is 1. The average Bonchev–Trinajstić information content (AvgIpc) is 3.13. The van der Waals surface area contributed by atoms with Crippen LogP contribution in [0.15, 0.2) is 52.3 Å². The molecule has 0 bridgehead atoms. The molecule has 8 nitrogen and oxygen atoms in total. The molecule has 0 unspecified atom stereocenters. The second-order valence-corrected chi connectivity index (χ2v) is 11.6. The number of nitriles is 1. The van der Waals surface area contributed by atoms with Gasteiger partial charge in [0.1, 0.15) is 22.4 Å². The molecule has 0 aromatic heterocycles. The quantitative estimate of drug-likeness (QED) is 0.624. The molecule has 0 spiro atoms. The molecule has 2 aromatic carbocycles. The van der Waals surface area contributed by atoms with Gasteiger partial charge < -0.3 is 10.2 Å². The molecule has 3 rings (SSSR count). The minimum atomic E-state index is -4.36. The molecule has 2 N–H and O–H groups in total. The summed E-state index contributed by atoms with van der Waals surface area (Å²) in [5, 5.41) is 27.5. The summed E-state index contributed by atoms with van der Waals surface area (Å²) in [5.74, 6) is 0. The Balaban J connectivity index is 2.01. The van der Waals surface area contributed by atoms with Crippen molar-refractivity contribution in [2.75, 3.05) is 19.7 Å². The van der Waals surface area contributed by atoms with E-state index in [9.17, 15) is 31.4 Å². The summed E-state index contributed by atoms with van der Waals surface area (Å²) in [7, 11) is -8.65. The lowest BCUT2D eigenvalue weighted by Gasteiger charge is -2.26. The number of alkyl halides is 1. The number of halogens is 2. The molecular weight excluding hydrogens is 471 g/mol. The van der Waals surface area contributed by atoms with Gasteiger partial charge in [-0.25, -0.2) is 21.2 Å². The third-order valence-corrected chi connectivity index (χ3v) is 9.71. The maximum atomic E-state index is 13.1. The van der Waals surface area contributed by atoms with E-state index in [0.29, 0.717) is 0 Å². The second kappa shape index (κ2) is 8.46. The first kappa shape index (κ1) is 23.6. The van der Waals surface area contributed by atoms with E-state index in [2.05, 4.69) is 0 Å². The van der Waals surface area contributed by atoms with Crippen LogP contribution in [0.5, 0.6) is 0 Å². The molecule has 31 heavy (non-hydrogen) atoms. The van der Waals surface area contributed by atoms with Crippen molar-refractivity contribution in [2.45, 2.75) is 27.3 Å². The minimum Gasteiger partial charge on any atom is -0.393 e. The van der Waals surface area contributed by atoms with Gasteiger partial charge in [0.2, 0.25) is 10.0 Å². The lowest BCUT2D eigenvalue weighted by Crippen LogP contribution is -2.49. The minimum absolute atomic E-state index is 0.165. The Morgan fingerprint density at radius 2 is 1.84 bits per heavy atom. The van der Waals surface area contributed by atoms with Crippen molar-refractivity contribution in [3.05, 3.63) is 58.6 Å². The van der Waals surface area contributed by atoms with Gasteiger partial charge in [0, 0.05) is 13.1 Å². The first-order chi connectivity index (χ1) is 14.5. The number of aliphatic hydroxyl groups excluding tert-OH is 1. The molecule has 12 heteroatoms. The number of sulfonamides is 1. The average molecular weight is 489 g/mol. The summed E-state index contributed by atoms with van der Waals surface area (Å²) < 4.78 is 65.9. The fourth-order valence-corrected chi connectivity index (χ4v) is 7.51. The van der Waals surface area contributed by atoms with E-state index >= 15 is 0 Å². The molecule has 2 aromatic rings. The lowest BCUT2D eigenvalue weighted by atomic mass is 10.1. The largest absolute Gasteiger partial charge is 0.393 e. The van der Waals surface area contributed by atoms with Crippen LogP contribution in [0.3, 0.4) is 0 Å². The number of rotatable bonds is 6. The summed E-state index contributed by atoms with van der Waals surface area (Å²) in [6.07, 6.45) is 0. The van der Waals surface area contributed by atoms with Crippen molar-refractivity contribution in [3.63, 3.8) is 0 Å². The molecule has 2 atom stereocenters. The topological polar surface area (TPSA) is 136 Å². The van der Waals surface area contributed by atoms with Crippen LogP contribution >= 0.6 is 11.6 Å². The van der Waals surface area contributed by atoms with Crippen molar-refractivity contribution >= 4 is 31.5 Å². The lowest BCUT2D eigenvalue weighted by molar-refractivity contribution is 0.00160. The van der Waals surface area contributed by atoms with Crippen LogP contribution in [0.25, 0.3) is 0 Å². The van der Waals surface area contributed by atoms with Gasteiger partial charge in [0.25, 0.3) is 0 Å². The van der Waals surface area contributed by atoms with Gasteiger partial charge in [-0.1, -0.05) is 17.7 Å². The van der Waals surface area contributed by atoms with Crippen LogP contribution in [0.4, 0.5) is 4.39 Å². The molecule has 0 amide bonds. The standard InChI is InChI=1S/C19H18ClFN2O6S2/c20-16-7-14(8-21)3-6-17(16)31(28,29)23-10-18(19(25,11-23)12-24)30(26,27)15-4-1-13(9-22)2-5-15/h1-7,18,24-25H,8,10-12H2/t18-,19+/m0/s1. The van der Waals surface area contributed by atoms with Crippen molar-refractivity contribution in [1.82, 2.24) is 4.31 Å². The van der Waals surface area contributed by atoms with Crippen LogP contribution in [-0.4, -0.2) is 61.9 Å². The molecule has 0 radical (unpaired) electrons. The molecule has 1 fully saturated rings. The van der Waals surface area contributed by atoms with Crippen LogP contribution in [0.1, 0.15) is 11.1 Å². The molecule has 0 saturated carbocycles. The highest BCUT2D eigenvalue weighted by molar-refractivity contribution is 7.92. The van der Waals surface area contributed by atoms with Gasteiger partial charge in [-0.2, -0.15) is 9.57 Å². The number of sulfone groups is 1. The Hall–Kier alpha value is -2.07. The van der Waals surface area contributed by atoms with Crippen LogP contribution in [-0.2, 0) is 26.5 Å². The third-order valence-electron chi connectivity index (χ3n) is 5.15. The normalized spacial score (nSPS) is 22.4. The maximum Gasteiger partial charge on any atom is 0.244 e. The highest BCUT2D eigenvalue weighted by Crippen LogP contribution is 2.36. The van der Waals surface area contributed by atoms with Crippen LogP contribution in [0, 0.1) is 11.3 Å². The molecule has 166 valence electrons. The number of benzene rings is 2. The van der Waals surface area contributed by atoms with E-state index < -0.39 is 57.1 Å². The van der Waals surface area contributed by atoms with Gasteiger partial charge in [-0.3, -0.25) is 0 Å². The van der Waals surface area contributed by atoms with E-state index in [1.165, 1.54) is 30.3 Å². The number of nitrogens with zero attached hydrogens (tertiary/aromatic N) is 2. The summed E-state index contributed by atoms with van der Waals surface area (Å²) in [6, 6.07) is 10.2. The fourth-order valence-electron chi connectivity index (χ4n) is 3.41. The fraction of sp³-hybridized carbons (Fsp3) is 0.316. The highest BCUT2D eigenvalue weighted by atomic mass is 35.5. The van der Waals surface area contributed by atoms with Crippen molar-refractivity contribution in [2.24, 2.45) is 0 Å². The van der Waals surface area contributed by atoms with E-state index in [0.717, 1.165) is 16.4 Å². The molecular formula is C19H18ClFN2O6S2. The van der Waals surface area contributed by atoms with Gasteiger partial charge >= 0.3 is 0 Å². The van der Waals surface area contributed by atoms with Gasteiger partial charge in [0.05, 0.1) is 28.2 Å². The Morgan fingerprint density at radius 3 is 2.35 bits per heavy atom. The zero-order chi connectivity index (χ0) is 23.0. The Morgan fingerprint density at radius 1 is 1.19 bits per heavy atom. The summed E-state index contributed by atoms with van der Waals surface area (Å²) in [4.78, 5) is -0.601. The van der Waals surface area contributed by atoms with E-state index in [1.807, 2.05) is 6.07 Å². The predicted octanol–water partition coefficient (Wildman–Crippen LogP) is 1.25. The molecule has 1 saturated heterocycles. The smallest absolute Gasteiger partial charge is 0.244 e. The number of hydrogen-bond acceptors (Lipinski definition) is 7. The number of aliphatic hydroxyl groups is 2. The van der Waals surface area contributed by atoms with E-state index in [1.54, 1.807) is 0 Å². The van der Waals surface area contributed by atoms with Crippen molar-refractivity contribution < 1.29 is 31.4 Å². The molecule has 1 aliphatic heterocycles. The molecule has 0 aliphatic carbocycles. The highest BCUT2D eigenvalue weighted by Gasteiger charge is 2.55. The Kier molecular flexibility index (Phi) is 6.44. The van der Waals surface area contributed by atoms with Gasteiger partial charge in [-0.15, -0.1) is 0 Å².